The molecule has 0 aliphatic heterocycles. The Hall–Kier alpha value is -4.07. The molecule has 0 atom stereocenters. The van der Waals surface area contributed by atoms with Gasteiger partial charge in [0.05, 0.1) is 6.61 Å². The third-order valence-electron chi connectivity index (χ3n) is 5.86. The van der Waals surface area contributed by atoms with Gasteiger partial charge in [0.25, 0.3) is 7.12 Å². The van der Waals surface area contributed by atoms with E-state index in [0.29, 0.717) is 0 Å². The fourth-order valence-electron chi connectivity index (χ4n) is 3.94. The van der Waals surface area contributed by atoms with Gasteiger partial charge in [-0.1, -0.05) is 78.9 Å². The summed E-state index contributed by atoms with van der Waals surface area (Å²) in [6.45, 7) is 0.815. The predicted octanol–water partition coefficient (Wildman–Crippen LogP) is 4.59. The van der Waals surface area contributed by atoms with Crippen LogP contribution in [0.15, 0.2) is 146 Å². The molecule has 42 heavy (non-hydrogen) atoms. The molecule has 0 fully saturated rings. The molecule has 0 N–H and O–H groups in total. The van der Waals surface area contributed by atoms with Crippen LogP contribution in [0.4, 0.5) is 0 Å². The number of hydrogen-bond acceptors (Lipinski definition) is 4. The molecule has 0 unspecified atom stereocenters. The van der Waals surface area contributed by atoms with Crippen molar-refractivity contribution in [2.75, 3.05) is 19.9 Å². The summed E-state index contributed by atoms with van der Waals surface area (Å²) in [6.07, 6.45) is 18.6. The van der Waals surface area contributed by atoms with Crippen molar-refractivity contribution in [3.8, 4) is 5.92 Å². The van der Waals surface area contributed by atoms with E-state index in [1.165, 1.54) is 10.6 Å². The molecule has 0 spiro atoms. The summed E-state index contributed by atoms with van der Waals surface area (Å²) in [5, 5.41) is 15.5. The molecule has 0 aliphatic rings. The standard InChI is InChI=1S/C15H17OP.C9H9BN6.C8H5.Ru/c1-16-12-13-17(14-8-4-2-5-9-14)15-10-6-3-7-11-15;1-4-11-14(7-1)10(15-8-2-5-12-15)16-9-3-6-13-16;1-2-8-6-4-3-5-7-8;/h2-11H,12-13H2,1H3;1-9H;3-7H;/q;2*-1;+2. The second-order valence-corrected chi connectivity index (χ2v) is 10.9. The molecular weight excluding hydrogens is 627 g/mol. The minimum Gasteiger partial charge on any atom is -0.425 e. The molecule has 0 bridgehead atoms. The average Bonchev–Trinajstić information content (AvgIpc) is 3.86. The van der Waals surface area contributed by atoms with E-state index in [1.54, 1.807) is 39.5 Å². The van der Waals surface area contributed by atoms with Crippen LogP contribution in [0.3, 0.4) is 0 Å². The van der Waals surface area contributed by atoms with Crippen molar-refractivity contribution in [1.29, 1.82) is 0 Å². The molecule has 1 radical (unpaired) electrons. The smallest absolute Gasteiger partial charge is 0.425 e. The van der Waals surface area contributed by atoms with Crippen LogP contribution >= 0.6 is 7.92 Å². The number of rotatable bonds is 8. The van der Waals surface area contributed by atoms with Crippen LogP contribution in [0.25, 0.3) is 0 Å². The number of benzene rings is 3. The van der Waals surface area contributed by atoms with Gasteiger partial charge >= 0.3 is 19.5 Å². The van der Waals surface area contributed by atoms with Crippen molar-refractivity contribution in [1.82, 2.24) is 29.1 Å². The van der Waals surface area contributed by atoms with Gasteiger partial charge in [-0.05, 0) is 61.5 Å². The van der Waals surface area contributed by atoms with E-state index in [0.717, 1.165) is 18.3 Å². The number of hydrogen-bond donors (Lipinski definition) is 0. The van der Waals surface area contributed by atoms with Gasteiger partial charge in [0.1, 0.15) is 0 Å². The van der Waals surface area contributed by atoms with E-state index >= 15 is 0 Å². The molecule has 10 heteroatoms. The van der Waals surface area contributed by atoms with Gasteiger partial charge in [0.15, 0.2) is 0 Å². The van der Waals surface area contributed by atoms with Gasteiger partial charge in [-0.2, -0.15) is 0 Å². The van der Waals surface area contributed by atoms with Crippen molar-refractivity contribution in [2.24, 2.45) is 0 Å². The normalized spacial score (nSPS) is 10.0. The SMILES string of the molecule is COCCP(c1ccccc1)c1ccccc1.[C-]#Cc1ccccc1.[Ru+2].c1cnn([B-](n2cccn2)n2cccn2)c1. The van der Waals surface area contributed by atoms with Crippen LogP contribution in [0, 0.1) is 12.3 Å². The van der Waals surface area contributed by atoms with E-state index in [1.807, 2.05) is 67.1 Å². The summed E-state index contributed by atoms with van der Waals surface area (Å²) in [5.74, 6) is 2.28. The molecule has 3 aromatic carbocycles. The Bertz CT molecular complexity index is 1410. The van der Waals surface area contributed by atoms with E-state index in [9.17, 15) is 0 Å². The van der Waals surface area contributed by atoms with Crippen LogP contribution in [-0.2, 0) is 24.2 Å². The quantitative estimate of drug-likeness (QED) is 0.104. The largest absolute Gasteiger partial charge is 2.00 e. The van der Waals surface area contributed by atoms with Crippen LogP contribution < -0.4 is 10.6 Å². The Morgan fingerprint density at radius 2 is 1.07 bits per heavy atom. The van der Waals surface area contributed by atoms with Crippen LogP contribution in [-0.4, -0.2) is 56.1 Å². The molecule has 6 aromatic rings. The molecule has 3 aromatic heterocycles. The molecule has 6 rings (SSSR count). The summed E-state index contributed by atoms with van der Waals surface area (Å²) in [6, 6.07) is 36.4. The second-order valence-electron chi connectivity index (χ2n) is 8.61. The summed E-state index contributed by atoms with van der Waals surface area (Å²) in [7, 11) is 1.29. The maximum atomic E-state index is 6.69. The van der Waals surface area contributed by atoms with Gasteiger partial charge < -0.3 is 24.9 Å². The van der Waals surface area contributed by atoms with E-state index in [-0.39, 0.29) is 34.5 Å². The molecular formula is C32H31BN6OPRu. The zero-order valence-corrected chi connectivity index (χ0v) is 25.9. The third-order valence-corrected chi connectivity index (χ3v) is 8.33. The Labute approximate surface area is 262 Å². The summed E-state index contributed by atoms with van der Waals surface area (Å²) in [5.41, 5.74) is 0.826. The summed E-state index contributed by atoms with van der Waals surface area (Å²) < 4.78 is 10.6. The van der Waals surface area contributed by atoms with Crippen LogP contribution in [0.5, 0.6) is 0 Å². The Morgan fingerprint density at radius 1 is 0.667 bits per heavy atom. The maximum Gasteiger partial charge on any atom is 2.00 e. The monoisotopic (exact) mass is 659 g/mol. The zero-order chi connectivity index (χ0) is 28.5. The van der Waals surface area contributed by atoms with Crippen molar-refractivity contribution in [3.63, 3.8) is 0 Å². The van der Waals surface area contributed by atoms with Gasteiger partial charge in [0.2, 0.25) is 0 Å². The number of ether oxygens (including phenoxy) is 1. The first-order valence-corrected chi connectivity index (χ1v) is 14.6. The minimum atomic E-state index is -0.282. The molecule has 0 saturated carbocycles. The summed E-state index contributed by atoms with van der Waals surface area (Å²) >= 11 is 0. The van der Waals surface area contributed by atoms with Crippen molar-refractivity contribution in [3.05, 3.63) is 158 Å². The molecule has 211 valence electrons. The van der Waals surface area contributed by atoms with Gasteiger partial charge in [-0.15, -0.1) is 17.7 Å². The Balaban J connectivity index is 0.000000181. The average molecular weight is 658 g/mol. The number of aromatic nitrogens is 6. The molecule has 3 heterocycles. The molecule has 0 saturated heterocycles. The van der Waals surface area contributed by atoms with Crippen molar-refractivity contribution >= 4 is 25.6 Å². The molecule has 7 nitrogen and oxygen atoms in total. The van der Waals surface area contributed by atoms with Crippen molar-refractivity contribution in [2.45, 2.75) is 0 Å². The summed E-state index contributed by atoms with van der Waals surface area (Å²) in [4.78, 5) is 0. The Morgan fingerprint density at radius 3 is 1.38 bits per heavy atom. The van der Waals surface area contributed by atoms with E-state index in [4.69, 9.17) is 11.2 Å². The van der Waals surface area contributed by atoms with E-state index in [2.05, 4.69) is 81.9 Å². The third kappa shape index (κ3) is 9.79. The van der Waals surface area contributed by atoms with Gasteiger partial charge in [-0.25, -0.2) is 15.3 Å². The topological polar surface area (TPSA) is 62.7 Å². The van der Waals surface area contributed by atoms with Crippen LogP contribution in [0.1, 0.15) is 5.56 Å². The van der Waals surface area contributed by atoms with E-state index < -0.39 is 0 Å². The second kappa shape index (κ2) is 18.4. The fourth-order valence-corrected chi connectivity index (χ4v) is 6.19. The fraction of sp³-hybridized carbons (Fsp3) is 0.0938. The molecule has 0 amide bonds. The van der Waals surface area contributed by atoms with Gasteiger partial charge in [0, 0.05) is 25.7 Å². The molecule has 0 aliphatic carbocycles. The van der Waals surface area contributed by atoms with Crippen molar-refractivity contribution < 1.29 is 24.2 Å². The zero-order valence-electron chi connectivity index (χ0n) is 23.2. The predicted molar refractivity (Wildman–Crippen MR) is 167 cm³/mol. The maximum absolute atomic E-state index is 6.69. The first-order chi connectivity index (χ1) is 20.3. The Kier molecular flexibility index (Phi) is 14.2. The number of nitrogens with zero attached hydrogens (tertiary/aromatic N) is 6. The minimum absolute atomic E-state index is 0. The number of methoxy groups -OCH3 is 1. The first kappa shape index (κ1) is 32.4. The van der Waals surface area contributed by atoms with Gasteiger partial charge in [-0.3, -0.25) is 5.92 Å². The van der Waals surface area contributed by atoms with Crippen LogP contribution in [0.2, 0.25) is 0 Å². The first-order valence-electron chi connectivity index (χ1n) is 13.1.